The van der Waals surface area contributed by atoms with Crippen molar-refractivity contribution in [3.63, 3.8) is 0 Å². The van der Waals surface area contributed by atoms with Crippen LogP contribution in [0, 0.1) is 11.3 Å². The van der Waals surface area contributed by atoms with Gasteiger partial charge in [0, 0.05) is 4.47 Å². The number of hydrogen-bond acceptors (Lipinski definition) is 3. The second kappa shape index (κ2) is 3.55. The molecule has 0 saturated heterocycles. The third-order valence-corrected chi connectivity index (χ3v) is 3.58. The molecule has 58 valence electrons. The fourth-order valence-electron chi connectivity index (χ4n) is 0.562. The molecule has 2 nitrogen and oxygen atoms in total. The second-order valence-electron chi connectivity index (χ2n) is 1.80. The van der Waals surface area contributed by atoms with Crippen LogP contribution in [0.3, 0.4) is 0 Å². The molecule has 0 radical (unpaired) electrons. The van der Waals surface area contributed by atoms with E-state index in [0.717, 1.165) is 0 Å². The topological polar surface area (TPSA) is 44.0 Å². The lowest BCUT2D eigenvalue weighted by molar-refractivity contribution is 0.240. The van der Waals surface area contributed by atoms with Gasteiger partial charge in [-0.05, 0) is 22.0 Å². The molecule has 0 aliphatic rings. The molecule has 1 aromatic rings. The molecule has 0 bridgehead atoms. The van der Waals surface area contributed by atoms with Crippen molar-refractivity contribution in [2.45, 2.75) is 6.10 Å². The SMILES string of the molecule is N#CC(O)c1cc(Br)c(Cl)s1. The van der Waals surface area contributed by atoms with Crippen molar-refractivity contribution >= 4 is 38.9 Å². The molecular weight excluding hydrogens is 249 g/mol. The fraction of sp³-hybridized carbons (Fsp3) is 0.167. The maximum Gasteiger partial charge on any atom is 0.175 e. The van der Waals surface area contributed by atoms with E-state index in [4.69, 9.17) is 22.0 Å². The fourth-order valence-corrected chi connectivity index (χ4v) is 2.23. The van der Waals surface area contributed by atoms with Crippen LogP contribution < -0.4 is 0 Å². The minimum Gasteiger partial charge on any atom is -0.373 e. The van der Waals surface area contributed by atoms with Crippen LogP contribution in [0.15, 0.2) is 10.5 Å². The summed E-state index contributed by atoms with van der Waals surface area (Å²) in [6.07, 6.45) is -1.07. The molecule has 1 N–H and O–H groups in total. The van der Waals surface area contributed by atoms with Gasteiger partial charge in [-0.1, -0.05) is 11.6 Å². The molecule has 0 saturated carbocycles. The third-order valence-electron chi connectivity index (χ3n) is 1.06. The Bertz CT molecular complexity index is 287. The maximum absolute atomic E-state index is 9.04. The summed E-state index contributed by atoms with van der Waals surface area (Å²) >= 11 is 10.0. The van der Waals surface area contributed by atoms with Crippen LogP contribution in [-0.2, 0) is 0 Å². The van der Waals surface area contributed by atoms with E-state index in [9.17, 15) is 0 Å². The Morgan fingerprint density at radius 3 is 2.82 bits per heavy atom. The quantitative estimate of drug-likeness (QED) is 0.781. The second-order valence-corrected chi connectivity index (χ2v) is 4.34. The minimum absolute atomic E-state index is 0.550. The Morgan fingerprint density at radius 1 is 1.82 bits per heavy atom. The lowest BCUT2D eigenvalue weighted by Gasteiger charge is -1.92. The van der Waals surface area contributed by atoms with Gasteiger partial charge in [-0.2, -0.15) is 5.26 Å². The van der Waals surface area contributed by atoms with Crippen molar-refractivity contribution in [2.75, 3.05) is 0 Å². The van der Waals surface area contributed by atoms with E-state index in [0.29, 0.717) is 13.7 Å². The Labute approximate surface area is 81.2 Å². The highest BCUT2D eigenvalue weighted by Gasteiger charge is 2.11. The van der Waals surface area contributed by atoms with Crippen molar-refractivity contribution < 1.29 is 5.11 Å². The van der Waals surface area contributed by atoms with Gasteiger partial charge >= 0.3 is 0 Å². The molecule has 0 spiro atoms. The smallest absolute Gasteiger partial charge is 0.175 e. The van der Waals surface area contributed by atoms with Crippen LogP contribution in [0.25, 0.3) is 0 Å². The Hall–Kier alpha value is -0.0800. The monoisotopic (exact) mass is 251 g/mol. The Balaban J connectivity index is 2.99. The van der Waals surface area contributed by atoms with E-state index in [1.54, 1.807) is 12.1 Å². The summed E-state index contributed by atoms with van der Waals surface area (Å²) in [6, 6.07) is 3.35. The predicted octanol–water partition coefficient (Wildman–Crippen LogP) is 2.72. The zero-order chi connectivity index (χ0) is 8.43. The lowest BCUT2D eigenvalue weighted by Crippen LogP contribution is -1.86. The molecular formula is C6H3BrClNOS. The number of aliphatic hydroxyl groups is 1. The van der Waals surface area contributed by atoms with Crippen molar-refractivity contribution in [2.24, 2.45) is 0 Å². The van der Waals surface area contributed by atoms with Crippen molar-refractivity contribution in [3.05, 3.63) is 19.8 Å². The molecule has 5 heteroatoms. The molecule has 0 fully saturated rings. The van der Waals surface area contributed by atoms with Crippen LogP contribution in [0.4, 0.5) is 0 Å². The van der Waals surface area contributed by atoms with E-state index < -0.39 is 6.10 Å². The van der Waals surface area contributed by atoms with Crippen molar-refractivity contribution in [3.8, 4) is 6.07 Å². The molecule has 1 aromatic heterocycles. The van der Waals surface area contributed by atoms with Gasteiger partial charge in [-0.3, -0.25) is 0 Å². The van der Waals surface area contributed by atoms with Gasteiger partial charge in [-0.15, -0.1) is 11.3 Å². The largest absolute Gasteiger partial charge is 0.373 e. The molecule has 1 rings (SSSR count). The van der Waals surface area contributed by atoms with Crippen LogP contribution in [-0.4, -0.2) is 5.11 Å². The maximum atomic E-state index is 9.04. The predicted molar refractivity (Wildman–Crippen MR) is 47.6 cm³/mol. The highest BCUT2D eigenvalue weighted by molar-refractivity contribution is 9.10. The number of aliphatic hydroxyl groups excluding tert-OH is 1. The van der Waals surface area contributed by atoms with Gasteiger partial charge in [-0.25, -0.2) is 0 Å². The molecule has 1 atom stereocenters. The molecule has 0 aliphatic heterocycles. The van der Waals surface area contributed by atoms with Gasteiger partial charge < -0.3 is 5.11 Å². The average molecular weight is 253 g/mol. The van der Waals surface area contributed by atoms with Gasteiger partial charge in [0.05, 0.1) is 10.9 Å². The first-order chi connectivity index (χ1) is 5.15. The van der Waals surface area contributed by atoms with E-state index in [-0.39, 0.29) is 0 Å². The summed E-state index contributed by atoms with van der Waals surface area (Å²) in [7, 11) is 0. The average Bonchev–Trinajstić information content (AvgIpc) is 2.31. The van der Waals surface area contributed by atoms with E-state index in [1.807, 2.05) is 0 Å². The number of nitriles is 1. The summed E-state index contributed by atoms with van der Waals surface area (Å²) in [6.45, 7) is 0. The summed E-state index contributed by atoms with van der Waals surface area (Å²) in [5.41, 5.74) is 0. The number of rotatable bonds is 1. The Morgan fingerprint density at radius 2 is 2.45 bits per heavy atom. The molecule has 0 amide bonds. The number of thiophene rings is 1. The first kappa shape index (κ1) is 9.01. The summed E-state index contributed by atoms with van der Waals surface area (Å²) in [5.74, 6) is 0. The van der Waals surface area contributed by atoms with Gasteiger partial charge in [0.25, 0.3) is 0 Å². The van der Waals surface area contributed by atoms with E-state index >= 15 is 0 Å². The van der Waals surface area contributed by atoms with Crippen LogP contribution >= 0.6 is 38.9 Å². The molecule has 0 aromatic carbocycles. The summed E-state index contributed by atoms with van der Waals surface area (Å²) in [4.78, 5) is 0.560. The highest BCUT2D eigenvalue weighted by Crippen LogP contribution is 2.34. The first-order valence-electron chi connectivity index (χ1n) is 2.67. The molecule has 11 heavy (non-hydrogen) atoms. The van der Waals surface area contributed by atoms with Gasteiger partial charge in [0.15, 0.2) is 6.10 Å². The van der Waals surface area contributed by atoms with Crippen LogP contribution in [0.5, 0.6) is 0 Å². The zero-order valence-electron chi connectivity index (χ0n) is 5.21. The van der Waals surface area contributed by atoms with Gasteiger partial charge in [0.1, 0.15) is 4.34 Å². The molecule has 0 aliphatic carbocycles. The highest BCUT2D eigenvalue weighted by atomic mass is 79.9. The normalized spacial score (nSPS) is 12.5. The van der Waals surface area contributed by atoms with Gasteiger partial charge in [0.2, 0.25) is 0 Å². The summed E-state index contributed by atoms with van der Waals surface area (Å²) in [5, 5.41) is 17.4. The third kappa shape index (κ3) is 1.94. The van der Waals surface area contributed by atoms with E-state index in [2.05, 4.69) is 15.9 Å². The van der Waals surface area contributed by atoms with E-state index in [1.165, 1.54) is 11.3 Å². The zero-order valence-corrected chi connectivity index (χ0v) is 8.37. The summed E-state index contributed by atoms with van der Waals surface area (Å²) < 4.78 is 1.27. The number of halogens is 2. The van der Waals surface area contributed by atoms with Crippen molar-refractivity contribution in [1.29, 1.82) is 5.26 Å². The minimum atomic E-state index is -1.07. The molecule has 1 unspecified atom stereocenters. The number of hydrogen-bond donors (Lipinski definition) is 1. The Kier molecular flexibility index (Phi) is 2.90. The number of nitrogens with zero attached hydrogens (tertiary/aromatic N) is 1. The molecule has 1 heterocycles. The lowest BCUT2D eigenvalue weighted by atomic mass is 10.3. The van der Waals surface area contributed by atoms with Crippen LogP contribution in [0.2, 0.25) is 4.34 Å². The van der Waals surface area contributed by atoms with Crippen LogP contribution in [0.1, 0.15) is 11.0 Å². The van der Waals surface area contributed by atoms with Crippen molar-refractivity contribution in [1.82, 2.24) is 0 Å². The first-order valence-corrected chi connectivity index (χ1v) is 4.66. The standard InChI is InChI=1S/C6H3BrClNOS/c7-3-1-5(4(10)2-9)11-6(3)8/h1,4,10H.